The number of methoxy groups -OCH3 is 1. The molecule has 0 amide bonds. The fraction of sp³-hybridized carbons (Fsp3) is 0.182. The second-order valence-corrected chi connectivity index (χ2v) is 7.49. The number of rotatable bonds is 5. The van der Waals surface area contributed by atoms with E-state index in [2.05, 4.69) is 19.8 Å². The molecule has 12 heteroatoms. The third kappa shape index (κ3) is 3.26. The van der Waals surface area contributed by atoms with Gasteiger partial charge in [-0.25, -0.2) is 9.18 Å². The van der Waals surface area contributed by atoms with Gasteiger partial charge in [0, 0.05) is 42.9 Å². The van der Waals surface area contributed by atoms with Gasteiger partial charge in [0.25, 0.3) is 0 Å². The van der Waals surface area contributed by atoms with Crippen LogP contribution in [0.15, 0.2) is 47.9 Å². The second-order valence-electron chi connectivity index (χ2n) is 7.49. The molecule has 0 aliphatic rings. The average molecular weight is 470 g/mol. The van der Waals surface area contributed by atoms with E-state index in [0.29, 0.717) is 27.7 Å². The van der Waals surface area contributed by atoms with E-state index in [-0.39, 0.29) is 5.52 Å². The molecule has 0 fully saturated rings. The molecule has 4 aromatic heterocycles. The van der Waals surface area contributed by atoms with Gasteiger partial charge in [-0.15, -0.1) is 0 Å². The van der Waals surface area contributed by atoms with E-state index in [1.54, 1.807) is 36.3 Å². The number of ether oxygens (including phenoxy) is 2. The number of aryl methyl sites for hydroxylation is 2. The highest BCUT2D eigenvalue weighted by molar-refractivity contribution is 6.05. The van der Waals surface area contributed by atoms with Gasteiger partial charge in [-0.05, 0) is 6.07 Å². The molecule has 0 radical (unpaired) electrons. The molecule has 0 saturated heterocycles. The molecule has 0 aliphatic heterocycles. The summed E-state index contributed by atoms with van der Waals surface area (Å²) in [6, 6.07) is 3.42. The van der Waals surface area contributed by atoms with Crippen molar-refractivity contribution in [1.82, 2.24) is 28.9 Å². The Kier molecular flexibility index (Phi) is 5.00. The monoisotopic (exact) mass is 470 g/mol. The summed E-state index contributed by atoms with van der Waals surface area (Å²) < 4.78 is 55.0. The summed E-state index contributed by atoms with van der Waals surface area (Å²) in [5.74, 6) is -1.07. The first-order valence-electron chi connectivity index (χ1n) is 9.96. The smallest absolute Gasteiger partial charge is 0.387 e. The van der Waals surface area contributed by atoms with Crippen molar-refractivity contribution in [2.24, 2.45) is 14.1 Å². The third-order valence-corrected chi connectivity index (χ3v) is 5.50. The van der Waals surface area contributed by atoms with Crippen molar-refractivity contribution < 1.29 is 22.6 Å². The van der Waals surface area contributed by atoms with Gasteiger partial charge in [0.1, 0.15) is 11.4 Å². The molecular weight excluding hydrogens is 453 g/mol. The number of pyridine rings is 2. The van der Waals surface area contributed by atoms with Gasteiger partial charge in [0.05, 0.1) is 48.4 Å². The maximum atomic E-state index is 15.0. The predicted octanol–water partition coefficient (Wildman–Crippen LogP) is 3.42. The zero-order chi connectivity index (χ0) is 24.1. The average Bonchev–Trinajstić information content (AvgIpc) is 3.34. The number of hydrogen-bond acceptors (Lipinski definition) is 6. The quantitative estimate of drug-likeness (QED) is 0.391. The van der Waals surface area contributed by atoms with E-state index in [0.717, 1.165) is 22.5 Å². The Bertz CT molecular complexity index is 1620. The number of hydrogen-bond donors (Lipinski definition) is 0. The van der Waals surface area contributed by atoms with Gasteiger partial charge < -0.3 is 9.47 Å². The molecule has 0 aliphatic carbocycles. The fourth-order valence-corrected chi connectivity index (χ4v) is 4.00. The van der Waals surface area contributed by atoms with Crippen molar-refractivity contribution in [1.29, 1.82) is 0 Å². The Morgan fingerprint density at radius 3 is 2.53 bits per heavy atom. The molecule has 4 heterocycles. The molecule has 0 spiro atoms. The molecule has 5 rings (SSSR count). The predicted molar refractivity (Wildman–Crippen MR) is 117 cm³/mol. The van der Waals surface area contributed by atoms with Gasteiger partial charge in [-0.2, -0.15) is 13.9 Å². The van der Waals surface area contributed by atoms with Crippen molar-refractivity contribution in [3.05, 3.63) is 59.4 Å². The van der Waals surface area contributed by atoms with Gasteiger partial charge >= 0.3 is 12.3 Å². The first-order chi connectivity index (χ1) is 16.3. The molecule has 0 saturated carbocycles. The summed E-state index contributed by atoms with van der Waals surface area (Å²) in [5.41, 5.74) is 1.31. The van der Waals surface area contributed by atoms with Crippen LogP contribution in [0.3, 0.4) is 0 Å². The number of fused-ring (bicyclic) bond motifs is 3. The van der Waals surface area contributed by atoms with Gasteiger partial charge in [0.2, 0.25) is 0 Å². The van der Waals surface area contributed by atoms with E-state index in [4.69, 9.17) is 4.74 Å². The normalized spacial score (nSPS) is 11.6. The maximum Gasteiger partial charge on any atom is 0.387 e. The molecule has 34 heavy (non-hydrogen) atoms. The lowest BCUT2D eigenvalue weighted by atomic mass is 10.0. The Hall–Kier alpha value is -4.35. The van der Waals surface area contributed by atoms with Crippen molar-refractivity contribution in [2.45, 2.75) is 6.61 Å². The zero-order valence-corrected chi connectivity index (χ0v) is 18.2. The fourth-order valence-electron chi connectivity index (χ4n) is 4.00. The number of alkyl halides is 2. The molecule has 9 nitrogen and oxygen atoms in total. The summed E-state index contributed by atoms with van der Waals surface area (Å²) in [6.07, 6.45) is 6.64. The number of benzene rings is 1. The van der Waals surface area contributed by atoms with Crippen LogP contribution >= 0.6 is 0 Å². The Morgan fingerprint density at radius 1 is 1.06 bits per heavy atom. The van der Waals surface area contributed by atoms with Crippen molar-refractivity contribution in [2.75, 3.05) is 7.11 Å². The zero-order valence-electron chi connectivity index (χ0n) is 18.2. The maximum absolute atomic E-state index is 15.0. The number of aromatic nitrogens is 6. The summed E-state index contributed by atoms with van der Waals surface area (Å²) in [4.78, 5) is 21.3. The molecule has 0 unspecified atom stereocenters. The highest BCUT2D eigenvalue weighted by atomic mass is 19.3. The minimum Gasteiger partial charge on any atom is -0.496 e. The molecule has 0 N–H and O–H groups in total. The summed E-state index contributed by atoms with van der Waals surface area (Å²) in [5, 5.41) is 4.65. The van der Waals surface area contributed by atoms with Crippen molar-refractivity contribution in [3.63, 3.8) is 0 Å². The van der Waals surface area contributed by atoms with Crippen LogP contribution in [0.5, 0.6) is 11.5 Å². The van der Waals surface area contributed by atoms with Crippen LogP contribution < -0.4 is 15.2 Å². The molecule has 0 bridgehead atoms. The molecule has 0 atom stereocenters. The SMILES string of the molecule is COc1cc2ncc3c(c2cc1-c1cnn(C)c1)n(-c1c(F)cncc1OC(F)F)c(=O)n3C. The number of nitrogens with zero attached hydrogens (tertiary/aromatic N) is 6. The van der Waals surface area contributed by atoms with Crippen LogP contribution in [0.25, 0.3) is 38.8 Å². The Morgan fingerprint density at radius 2 is 1.85 bits per heavy atom. The van der Waals surface area contributed by atoms with E-state index >= 15 is 0 Å². The van der Waals surface area contributed by atoms with Crippen LogP contribution in [0.2, 0.25) is 0 Å². The van der Waals surface area contributed by atoms with E-state index in [9.17, 15) is 18.0 Å². The topological polar surface area (TPSA) is 89.0 Å². The lowest BCUT2D eigenvalue weighted by Crippen LogP contribution is -2.22. The minimum absolute atomic E-state index is 0.259. The second kappa shape index (κ2) is 7.90. The van der Waals surface area contributed by atoms with E-state index in [1.807, 2.05) is 0 Å². The van der Waals surface area contributed by atoms with Gasteiger partial charge in [-0.3, -0.25) is 23.8 Å². The van der Waals surface area contributed by atoms with E-state index < -0.39 is 29.6 Å². The lowest BCUT2D eigenvalue weighted by Gasteiger charge is -2.13. The lowest BCUT2D eigenvalue weighted by molar-refractivity contribution is -0.0502. The van der Waals surface area contributed by atoms with Crippen LogP contribution in [0.1, 0.15) is 0 Å². The van der Waals surface area contributed by atoms with Crippen molar-refractivity contribution in [3.8, 4) is 28.3 Å². The number of imidazole rings is 1. The number of halogens is 3. The first kappa shape index (κ1) is 21.5. The van der Waals surface area contributed by atoms with Gasteiger partial charge in [0.15, 0.2) is 11.6 Å². The summed E-state index contributed by atoms with van der Waals surface area (Å²) >= 11 is 0. The largest absolute Gasteiger partial charge is 0.496 e. The van der Waals surface area contributed by atoms with E-state index in [1.165, 1.54) is 24.9 Å². The van der Waals surface area contributed by atoms with Crippen LogP contribution in [-0.4, -0.2) is 42.6 Å². The first-order valence-corrected chi connectivity index (χ1v) is 9.96. The van der Waals surface area contributed by atoms with Crippen LogP contribution in [0, 0.1) is 5.82 Å². The standard InChI is InChI=1S/C22H17F3N6O3/c1-29-10-11(6-28-29)12-4-13-15(5-17(12)33-3)27-8-16-19(13)31(22(32)30(16)2)20-14(23)7-26-9-18(20)34-21(24)25/h4-10,21H,1-3H3. The van der Waals surface area contributed by atoms with Crippen LogP contribution in [-0.2, 0) is 14.1 Å². The summed E-state index contributed by atoms with van der Waals surface area (Å²) in [6.45, 7) is -3.24. The molecule has 1 aromatic carbocycles. The highest BCUT2D eigenvalue weighted by Crippen LogP contribution is 2.37. The van der Waals surface area contributed by atoms with Gasteiger partial charge in [-0.1, -0.05) is 0 Å². The molecular formula is C22H17F3N6O3. The third-order valence-electron chi connectivity index (χ3n) is 5.50. The summed E-state index contributed by atoms with van der Waals surface area (Å²) in [7, 11) is 4.76. The molecule has 5 aromatic rings. The van der Waals surface area contributed by atoms with Crippen LogP contribution in [0.4, 0.5) is 13.2 Å². The Labute approximate surface area is 189 Å². The molecule has 174 valence electrons. The van der Waals surface area contributed by atoms with Crippen molar-refractivity contribution >= 4 is 21.9 Å². The Balaban J connectivity index is 1.93. The highest BCUT2D eigenvalue weighted by Gasteiger charge is 2.24. The minimum atomic E-state index is -3.24.